The van der Waals surface area contributed by atoms with Gasteiger partial charge in [0.2, 0.25) is 0 Å². The summed E-state index contributed by atoms with van der Waals surface area (Å²) in [5.74, 6) is 0.903. The number of aryl methyl sites for hydroxylation is 1. The number of rotatable bonds is 6. The number of nitrogens with zero attached hydrogens (tertiary/aromatic N) is 3. The van der Waals surface area contributed by atoms with Crippen molar-refractivity contribution in [2.45, 2.75) is 44.4 Å². The van der Waals surface area contributed by atoms with Crippen LogP contribution in [0.5, 0.6) is 0 Å². The Bertz CT molecular complexity index is 845. The van der Waals surface area contributed by atoms with Gasteiger partial charge >= 0.3 is 6.80 Å². The lowest BCUT2D eigenvalue weighted by Crippen LogP contribution is -2.13. The number of nitrogens with one attached hydrogen (secondary N) is 1. The van der Waals surface area contributed by atoms with E-state index in [1.165, 1.54) is 5.56 Å². The van der Waals surface area contributed by atoms with Crippen LogP contribution in [0.2, 0.25) is 0 Å². The normalized spacial score (nSPS) is 25.0. The van der Waals surface area contributed by atoms with E-state index in [0.717, 1.165) is 60.5 Å². The Morgan fingerprint density at radius 2 is 2.38 bits per heavy atom. The zero-order chi connectivity index (χ0) is 18.1. The Labute approximate surface area is 156 Å². The van der Waals surface area contributed by atoms with E-state index >= 15 is 0 Å². The predicted octanol–water partition coefficient (Wildman–Crippen LogP) is 3.34. The summed E-state index contributed by atoms with van der Waals surface area (Å²) in [7, 11) is 0. The van der Waals surface area contributed by atoms with Crippen molar-refractivity contribution in [2.75, 3.05) is 24.7 Å². The molecule has 0 aromatic carbocycles. The molecule has 26 heavy (non-hydrogen) atoms. The van der Waals surface area contributed by atoms with Crippen LogP contribution in [0.25, 0.3) is 11.0 Å². The lowest BCUT2D eigenvalue weighted by atomic mass is 10.1. The second kappa shape index (κ2) is 7.48. The monoisotopic (exact) mass is 398 g/mol. The van der Waals surface area contributed by atoms with E-state index in [1.807, 2.05) is 0 Å². The Morgan fingerprint density at radius 3 is 3.23 bits per heavy atom. The summed E-state index contributed by atoms with van der Waals surface area (Å²) in [5, 5.41) is 4.47. The first-order valence-electron chi connectivity index (χ1n) is 8.84. The number of hydrogen-bond donors (Lipinski definition) is 2. The number of hydrogen-bond acceptors (Lipinski definition) is 7. The lowest BCUT2D eigenvalue weighted by molar-refractivity contribution is -0.00432. The molecule has 4 rings (SSSR count). The molecule has 1 fully saturated rings. The molecule has 10 heteroatoms. The Hall–Kier alpha value is -1.12. The van der Waals surface area contributed by atoms with Crippen molar-refractivity contribution in [3.05, 3.63) is 18.1 Å². The summed E-state index contributed by atoms with van der Waals surface area (Å²) in [4.78, 5) is 18.3. The van der Waals surface area contributed by atoms with Crippen molar-refractivity contribution in [3.8, 4) is 0 Å². The van der Waals surface area contributed by atoms with Crippen LogP contribution in [0.3, 0.4) is 0 Å². The van der Waals surface area contributed by atoms with E-state index in [9.17, 15) is 9.46 Å². The van der Waals surface area contributed by atoms with Crippen molar-refractivity contribution >= 4 is 35.0 Å². The first kappa shape index (κ1) is 18.3. The molecular weight excluding hydrogens is 375 g/mol. The zero-order valence-electron chi connectivity index (χ0n) is 14.6. The van der Waals surface area contributed by atoms with Gasteiger partial charge in [-0.25, -0.2) is 14.5 Å². The molecule has 4 heterocycles. The summed E-state index contributed by atoms with van der Waals surface area (Å²) in [6.45, 7) is -2.36. The van der Waals surface area contributed by atoms with Crippen LogP contribution in [0, 0.1) is 0 Å². The molecular formula is C16H23N4O4PS. The maximum absolute atomic E-state index is 11.5. The fourth-order valence-electron chi connectivity index (χ4n) is 3.65. The van der Waals surface area contributed by atoms with Crippen molar-refractivity contribution in [3.63, 3.8) is 0 Å². The highest BCUT2D eigenvalue weighted by molar-refractivity contribution is 8.54. The highest BCUT2D eigenvalue weighted by Crippen LogP contribution is 2.54. The summed E-state index contributed by atoms with van der Waals surface area (Å²) < 4.78 is 24.9. The fourth-order valence-corrected chi connectivity index (χ4v) is 4.63. The summed E-state index contributed by atoms with van der Waals surface area (Å²) in [6.07, 6.45) is 9.72. The number of anilines is 1. The van der Waals surface area contributed by atoms with Crippen molar-refractivity contribution in [2.24, 2.45) is 0 Å². The molecule has 1 saturated heterocycles. The molecule has 2 aliphatic rings. The predicted molar refractivity (Wildman–Crippen MR) is 101 cm³/mol. The van der Waals surface area contributed by atoms with Gasteiger partial charge in [-0.2, -0.15) is 0 Å². The van der Waals surface area contributed by atoms with E-state index in [2.05, 4.69) is 26.0 Å². The minimum Gasteiger partial charge on any atom is -0.369 e. The van der Waals surface area contributed by atoms with E-state index in [-0.39, 0.29) is 18.9 Å². The molecule has 3 atom stereocenters. The van der Waals surface area contributed by atoms with Crippen molar-refractivity contribution < 1.29 is 18.7 Å². The molecule has 0 saturated carbocycles. The van der Waals surface area contributed by atoms with Gasteiger partial charge in [-0.15, -0.1) is 0 Å². The third-order valence-corrected chi connectivity index (χ3v) is 7.59. The molecule has 0 bridgehead atoms. The van der Waals surface area contributed by atoms with Crippen molar-refractivity contribution in [1.82, 2.24) is 14.5 Å². The van der Waals surface area contributed by atoms with Gasteiger partial charge in [0, 0.05) is 12.7 Å². The molecule has 0 amide bonds. The van der Waals surface area contributed by atoms with Crippen LogP contribution >= 0.6 is 18.2 Å². The molecule has 0 radical (unpaired) electrons. The van der Waals surface area contributed by atoms with E-state index in [0.29, 0.717) is 6.42 Å². The summed E-state index contributed by atoms with van der Waals surface area (Å²) in [5.41, 5.74) is 2.17. The van der Waals surface area contributed by atoms with Crippen LogP contribution in [-0.4, -0.2) is 44.9 Å². The molecule has 2 unspecified atom stereocenters. The van der Waals surface area contributed by atoms with Crippen LogP contribution in [-0.2, 0) is 20.2 Å². The van der Waals surface area contributed by atoms with Crippen LogP contribution in [0.15, 0.2) is 12.5 Å². The van der Waals surface area contributed by atoms with E-state index < -0.39 is 6.80 Å². The van der Waals surface area contributed by atoms with E-state index in [1.54, 1.807) is 12.6 Å². The smallest absolute Gasteiger partial charge is 0.369 e. The first-order valence-corrected chi connectivity index (χ1v) is 12.2. The highest BCUT2D eigenvalue weighted by Gasteiger charge is 2.30. The van der Waals surface area contributed by atoms with Crippen LogP contribution in [0.4, 0.5) is 5.82 Å². The fraction of sp³-hybridized carbons (Fsp3) is 0.625. The van der Waals surface area contributed by atoms with Crippen LogP contribution < -0.4 is 5.32 Å². The second-order valence-corrected chi connectivity index (χ2v) is 10.6. The van der Waals surface area contributed by atoms with Gasteiger partial charge < -0.3 is 24.0 Å². The molecule has 2 aromatic heterocycles. The Kier molecular flexibility index (Phi) is 5.25. The maximum Gasteiger partial charge on any atom is 0.386 e. The topological polar surface area (TPSA) is 98.5 Å². The Morgan fingerprint density at radius 1 is 1.50 bits per heavy atom. The lowest BCUT2D eigenvalue weighted by Gasteiger charge is -2.17. The van der Waals surface area contributed by atoms with Gasteiger partial charge in [0.1, 0.15) is 24.0 Å². The Balaban J connectivity index is 1.47. The molecule has 8 nitrogen and oxygen atoms in total. The van der Waals surface area contributed by atoms with Gasteiger partial charge in [0.15, 0.2) is 0 Å². The van der Waals surface area contributed by atoms with E-state index in [4.69, 9.17) is 9.26 Å². The molecule has 0 aliphatic carbocycles. The number of ether oxygens (including phenoxy) is 1. The van der Waals surface area contributed by atoms with Gasteiger partial charge in [-0.3, -0.25) is 0 Å². The molecule has 2 N–H and O–H groups in total. The average molecular weight is 398 g/mol. The largest absolute Gasteiger partial charge is 0.386 e. The van der Waals surface area contributed by atoms with Gasteiger partial charge in [0.05, 0.1) is 18.1 Å². The molecule has 142 valence electrons. The second-order valence-electron chi connectivity index (χ2n) is 6.58. The molecule has 2 aromatic rings. The minimum atomic E-state index is -3.51. The van der Waals surface area contributed by atoms with Crippen molar-refractivity contribution in [1.29, 1.82) is 0 Å². The summed E-state index contributed by atoms with van der Waals surface area (Å²) in [6, 6.07) is 0. The minimum absolute atomic E-state index is 0.0232. The van der Waals surface area contributed by atoms with Gasteiger partial charge in [-0.1, -0.05) is 0 Å². The van der Waals surface area contributed by atoms with Gasteiger partial charge in [0.25, 0.3) is 0 Å². The first-order chi connectivity index (χ1) is 12.6. The molecule has 0 spiro atoms. The average Bonchev–Trinajstić information content (AvgIpc) is 3.17. The standard InChI is InChI=1S/C16H23N4O4PS/c1-26-25(21,22)23-8-6-12-4-5-13(24-12)20-9-11-3-2-7-17-15-14(11)16(20)19-10-18-15/h9-10,12-13H,2-8H2,1H3,(H,21,22)(H,17,18,19)/t12?,13-/m1/s1. The van der Waals surface area contributed by atoms with Crippen LogP contribution in [0.1, 0.15) is 37.5 Å². The quantitative estimate of drug-likeness (QED) is 0.715. The number of aromatic nitrogens is 3. The zero-order valence-corrected chi connectivity index (χ0v) is 16.3. The third-order valence-electron chi connectivity index (χ3n) is 4.92. The van der Waals surface area contributed by atoms with Gasteiger partial charge in [-0.05, 0) is 55.3 Å². The molecule has 2 aliphatic heterocycles. The highest BCUT2D eigenvalue weighted by atomic mass is 32.7. The third kappa shape index (κ3) is 3.64. The summed E-state index contributed by atoms with van der Waals surface area (Å²) >= 11 is 0.846. The maximum atomic E-state index is 11.5. The SMILES string of the molecule is CSP(=O)(O)OCCC1CC[C@H](n2cc3c4c(ncnc42)NCCC3)O1.